The molecule has 4 rings (SSSR count). The molecule has 0 aromatic carbocycles. The molecule has 0 bridgehead atoms. The van der Waals surface area contributed by atoms with Crippen LogP contribution in [0.5, 0.6) is 0 Å². The molecule has 0 N–H and O–H groups in total. The van der Waals surface area contributed by atoms with E-state index in [1.807, 2.05) is 6.33 Å². The van der Waals surface area contributed by atoms with Crippen LogP contribution in [0.25, 0.3) is 0 Å². The maximum Gasteiger partial charge on any atom is 0.225 e. The number of hydrogen-bond acceptors (Lipinski definition) is 3. The SMILES string of the molecule is CCn1cnnc1C1CN(C(=O)C2CCCCC2)CC12CCC2. The lowest BCUT2D eigenvalue weighted by Gasteiger charge is -2.42. The van der Waals surface area contributed by atoms with Gasteiger partial charge in [-0.3, -0.25) is 4.79 Å². The zero-order chi connectivity index (χ0) is 15.9. The minimum Gasteiger partial charge on any atom is -0.341 e. The molecule has 23 heavy (non-hydrogen) atoms. The van der Waals surface area contributed by atoms with E-state index in [2.05, 4.69) is 26.6 Å². The van der Waals surface area contributed by atoms with E-state index < -0.39 is 0 Å². The van der Waals surface area contributed by atoms with E-state index in [9.17, 15) is 4.79 Å². The van der Waals surface area contributed by atoms with Crippen LogP contribution in [0.1, 0.15) is 70.0 Å². The molecule has 1 aliphatic heterocycles. The summed E-state index contributed by atoms with van der Waals surface area (Å²) in [5.41, 5.74) is 0.282. The van der Waals surface area contributed by atoms with Crippen LogP contribution < -0.4 is 0 Å². The van der Waals surface area contributed by atoms with E-state index in [0.717, 1.165) is 38.3 Å². The number of amides is 1. The lowest BCUT2D eigenvalue weighted by Crippen LogP contribution is -2.40. The van der Waals surface area contributed by atoms with E-state index in [4.69, 9.17) is 0 Å². The van der Waals surface area contributed by atoms with Gasteiger partial charge >= 0.3 is 0 Å². The van der Waals surface area contributed by atoms with Gasteiger partial charge in [-0.15, -0.1) is 10.2 Å². The fourth-order valence-corrected chi connectivity index (χ4v) is 5.01. The van der Waals surface area contributed by atoms with Gasteiger partial charge in [0.15, 0.2) is 0 Å². The Bertz CT molecular complexity index is 571. The predicted molar refractivity (Wildman–Crippen MR) is 87.9 cm³/mol. The van der Waals surface area contributed by atoms with Crippen LogP contribution in [0.2, 0.25) is 0 Å². The van der Waals surface area contributed by atoms with Crippen LogP contribution in [-0.4, -0.2) is 38.7 Å². The van der Waals surface area contributed by atoms with Crippen molar-refractivity contribution in [3.63, 3.8) is 0 Å². The second kappa shape index (κ2) is 5.91. The van der Waals surface area contributed by atoms with Crippen LogP contribution in [0.3, 0.4) is 0 Å². The average molecular weight is 316 g/mol. The summed E-state index contributed by atoms with van der Waals surface area (Å²) in [6, 6.07) is 0. The van der Waals surface area contributed by atoms with Crippen LogP contribution in [0.15, 0.2) is 6.33 Å². The first kappa shape index (κ1) is 15.2. The molecule has 0 radical (unpaired) electrons. The number of aryl methyl sites for hydroxylation is 1. The van der Waals surface area contributed by atoms with Crippen molar-refractivity contribution in [3.8, 4) is 0 Å². The van der Waals surface area contributed by atoms with E-state index in [-0.39, 0.29) is 11.3 Å². The molecule has 1 aromatic heterocycles. The van der Waals surface area contributed by atoms with Crippen LogP contribution in [-0.2, 0) is 11.3 Å². The molecule has 1 saturated heterocycles. The van der Waals surface area contributed by atoms with E-state index in [1.54, 1.807) is 0 Å². The maximum absolute atomic E-state index is 13.0. The fraction of sp³-hybridized carbons (Fsp3) is 0.833. The molecule has 1 atom stereocenters. The van der Waals surface area contributed by atoms with E-state index >= 15 is 0 Å². The van der Waals surface area contributed by atoms with Gasteiger partial charge in [0, 0.05) is 31.5 Å². The number of aromatic nitrogens is 3. The van der Waals surface area contributed by atoms with E-state index in [0.29, 0.717) is 11.8 Å². The normalized spacial score (nSPS) is 27.3. The molecule has 1 unspecified atom stereocenters. The van der Waals surface area contributed by atoms with Gasteiger partial charge in [-0.05, 0) is 38.0 Å². The van der Waals surface area contributed by atoms with Crippen molar-refractivity contribution in [1.29, 1.82) is 0 Å². The number of nitrogens with zero attached hydrogens (tertiary/aromatic N) is 4. The Morgan fingerprint density at radius 1 is 1.26 bits per heavy atom. The third-order valence-electron chi connectivity index (χ3n) is 6.56. The second-order valence-electron chi connectivity index (χ2n) is 7.80. The van der Waals surface area contributed by atoms with Gasteiger partial charge < -0.3 is 9.47 Å². The van der Waals surface area contributed by atoms with Crippen molar-refractivity contribution in [2.24, 2.45) is 11.3 Å². The first-order valence-electron chi connectivity index (χ1n) is 9.40. The lowest BCUT2D eigenvalue weighted by atomic mass is 9.62. The predicted octanol–water partition coefficient (Wildman–Crippen LogP) is 2.97. The van der Waals surface area contributed by atoms with Crippen molar-refractivity contribution >= 4 is 5.91 Å². The Labute approximate surface area is 138 Å². The molecule has 5 heteroatoms. The maximum atomic E-state index is 13.0. The first-order valence-corrected chi connectivity index (χ1v) is 9.40. The van der Waals surface area contributed by atoms with Gasteiger partial charge in [0.2, 0.25) is 5.91 Å². The quantitative estimate of drug-likeness (QED) is 0.861. The number of rotatable bonds is 3. The molecule has 2 heterocycles. The van der Waals surface area contributed by atoms with Gasteiger partial charge in [-0.2, -0.15) is 0 Å². The fourth-order valence-electron chi connectivity index (χ4n) is 5.01. The van der Waals surface area contributed by atoms with Crippen molar-refractivity contribution in [1.82, 2.24) is 19.7 Å². The summed E-state index contributed by atoms with van der Waals surface area (Å²) in [7, 11) is 0. The van der Waals surface area contributed by atoms with Crippen LogP contribution >= 0.6 is 0 Å². The largest absolute Gasteiger partial charge is 0.341 e. The van der Waals surface area contributed by atoms with Crippen molar-refractivity contribution < 1.29 is 4.79 Å². The lowest BCUT2D eigenvalue weighted by molar-refractivity contribution is -0.136. The zero-order valence-electron chi connectivity index (χ0n) is 14.2. The minimum atomic E-state index is 0.281. The monoisotopic (exact) mass is 316 g/mol. The topological polar surface area (TPSA) is 51.0 Å². The van der Waals surface area contributed by atoms with Crippen LogP contribution in [0, 0.1) is 11.3 Å². The Balaban J connectivity index is 1.55. The molecule has 126 valence electrons. The Morgan fingerprint density at radius 3 is 2.70 bits per heavy atom. The minimum absolute atomic E-state index is 0.281. The summed E-state index contributed by atoms with van der Waals surface area (Å²) in [4.78, 5) is 15.2. The summed E-state index contributed by atoms with van der Waals surface area (Å²) in [6.45, 7) is 4.85. The Hall–Kier alpha value is -1.39. The molecule has 1 amide bonds. The van der Waals surface area contributed by atoms with Gasteiger partial charge in [0.25, 0.3) is 0 Å². The number of carbonyl (C=O) groups is 1. The number of hydrogen-bond donors (Lipinski definition) is 0. The third-order valence-corrected chi connectivity index (χ3v) is 6.56. The highest BCUT2D eigenvalue weighted by atomic mass is 16.2. The van der Waals surface area contributed by atoms with Gasteiger partial charge in [0.05, 0.1) is 0 Å². The summed E-state index contributed by atoms with van der Waals surface area (Å²) in [6.07, 6.45) is 11.6. The summed E-state index contributed by atoms with van der Waals surface area (Å²) in [5.74, 6) is 2.18. The standard InChI is InChI=1S/C18H28N4O/c1-2-21-13-19-20-16(21)15-11-22(12-18(15)9-6-10-18)17(23)14-7-4-3-5-8-14/h13-15H,2-12H2,1H3. The van der Waals surface area contributed by atoms with Gasteiger partial charge in [-0.1, -0.05) is 25.7 Å². The Kier molecular flexibility index (Phi) is 3.90. The van der Waals surface area contributed by atoms with Crippen molar-refractivity contribution in [2.75, 3.05) is 13.1 Å². The third kappa shape index (κ3) is 2.48. The highest BCUT2D eigenvalue weighted by Crippen LogP contribution is 2.55. The van der Waals surface area contributed by atoms with Crippen molar-refractivity contribution in [3.05, 3.63) is 12.2 Å². The average Bonchev–Trinajstić information content (AvgIpc) is 3.18. The van der Waals surface area contributed by atoms with Crippen LogP contribution in [0.4, 0.5) is 0 Å². The first-order chi connectivity index (χ1) is 11.2. The zero-order valence-corrected chi connectivity index (χ0v) is 14.2. The van der Waals surface area contributed by atoms with Crippen molar-refractivity contribution in [2.45, 2.75) is 70.8 Å². The molecule has 2 saturated carbocycles. The molecule has 3 fully saturated rings. The number of carbonyl (C=O) groups excluding carboxylic acids is 1. The molecule has 5 nitrogen and oxygen atoms in total. The second-order valence-corrected chi connectivity index (χ2v) is 7.80. The molecule has 1 aromatic rings. The smallest absolute Gasteiger partial charge is 0.225 e. The number of likely N-dealkylation sites (tertiary alicyclic amines) is 1. The molecule has 1 spiro atoms. The molecular weight excluding hydrogens is 288 g/mol. The summed E-state index contributed by atoms with van der Waals surface area (Å²) < 4.78 is 2.17. The molecule has 2 aliphatic carbocycles. The van der Waals surface area contributed by atoms with Gasteiger partial charge in [0.1, 0.15) is 12.2 Å². The molecular formula is C18H28N4O. The summed E-state index contributed by atoms with van der Waals surface area (Å²) >= 11 is 0. The van der Waals surface area contributed by atoms with Gasteiger partial charge in [-0.25, -0.2) is 0 Å². The summed E-state index contributed by atoms with van der Waals surface area (Å²) in [5, 5.41) is 8.56. The highest BCUT2D eigenvalue weighted by molar-refractivity contribution is 5.79. The highest BCUT2D eigenvalue weighted by Gasteiger charge is 2.54. The van der Waals surface area contributed by atoms with E-state index in [1.165, 1.54) is 38.5 Å². The Morgan fingerprint density at radius 2 is 2.04 bits per heavy atom. The molecule has 3 aliphatic rings.